The molecule has 1 saturated heterocycles. The van der Waals surface area contributed by atoms with E-state index in [1.165, 1.54) is 26.4 Å². The average Bonchev–Trinajstić information content (AvgIpc) is 2.91. The molecular weight excluding hydrogens is 384 g/mol. The van der Waals surface area contributed by atoms with E-state index in [0.717, 1.165) is 5.56 Å². The van der Waals surface area contributed by atoms with E-state index in [1.54, 1.807) is 49.1 Å². The number of hydrogen-bond acceptors (Lipinski definition) is 5. The van der Waals surface area contributed by atoms with Crippen LogP contribution in [0.5, 0.6) is 17.2 Å². The van der Waals surface area contributed by atoms with Crippen molar-refractivity contribution in [3.05, 3.63) is 53.6 Å². The van der Waals surface area contributed by atoms with Crippen molar-refractivity contribution in [2.24, 2.45) is 0 Å². The lowest BCUT2D eigenvalue weighted by molar-refractivity contribution is -0.134. The van der Waals surface area contributed by atoms with Crippen LogP contribution in [0.4, 0.5) is 8.78 Å². The first-order valence-corrected chi connectivity index (χ1v) is 9.00. The van der Waals surface area contributed by atoms with Crippen molar-refractivity contribution in [3.8, 4) is 17.2 Å². The van der Waals surface area contributed by atoms with Crippen LogP contribution in [0, 0.1) is 0 Å². The molecule has 1 amide bonds. The fourth-order valence-electron chi connectivity index (χ4n) is 3.31. The zero-order chi connectivity index (χ0) is 21.2. The summed E-state index contributed by atoms with van der Waals surface area (Å²) in [4.78, 5) is 14.6. The van der Waals surface area contributed by atoms with Gasteiger partial charge >= 0.3 is 6.61 Å². The van der Waals surface area contributed by atoms with Gasteiger partial charge in [-0.3, -0.25) is 4.79 Å². The van der Waals surface area contributed by atoms with Crippen LogP contribution in [0.1, 0.15) is 31.2 Å². The molecule has 0 spiro atoms. The largest absolute Gasteiger partial charge is 0.496 e. The first kappa shape index (κ1) is 20.9. The normalized spacial score (nSPS) is 18.2. The third-order valence-corrected chi connectivity index (χ3v) is 4.68. The summed E-state index contributed by atoms with van der Waals surface area (Å²) in [5, 5.41) is 0. The van der Waals surface area contributed by atoms with Crippen molar-refractivity contribution < 1.29 is 32.5 Å². The predicted octanol–water partition coefficient (Wildman–Crippen LogP) is 4.14. The Morgan fingerprint density at radius 2 is 1.66 bits per heavy atom. The number of ether oxygens (including phenoxy) is 4. The quantitative estimate of drug-likeness (QED) is 0.691. The van der Waals surface area contributed by atoms with Crippen LogP contribution in [0.25, 0.3) is 0 Å². The van der Waals surface area contributed by atoms with E-state index in [4.69, 9.17) is 14.2 Å². The summed E-state index contributed by atoms with van der Waals surface area (Å²) in [6.45, 7) is 0.717. The molecule has 1 heterocycles. The van der Waals surface area contributed by atoms with Crippen molar-refractivity contribution >= 4 is 5.91 Å². The number of nitrogens with zero attached hydrogens (tertiary/aromatic N) is 1. The Morgan fingerprint density at radius 1 is 1.07 bits per heavy atom. The fraction of sp³-hybridized carbons (Fsp3) is 0.381. The molecule has 1 fully saturated rings. The minimum atomic E-state index is -2.89. The maximum absolute atomic E-state index is 13.0. The van der Waals surface area contributed by atoms with Crippen molar-refractivity contribution in [2.75, 3.05) is 14.2 Å². The van der Waals surface area contributed by atoms with Crippen molar-refractivity contribution in [2.45, 2.75) is 38.8 Å². The summed E-state index contributed by atoms with van der Waals surface area (Å²) in [5.41, 5.74) is 0.295. The summed E-state index contributed by atoms with van der Waals surface area (Å²) in [7, 11) is 3.07. The lowest BCUT2D eigenvalue weighted by Gasteiger charge is -2.26. The van der Waals surface area contributed by atoms with Crippen LogP contribution in [0.2, 0.25) is 0 Å². The molecule has 0 N–H and O–H groups in total. The Labute approximate surface area is 167 Å². The van der Waals surface area contributed by atoms with Crippen LogP contribution in [-0.4, -0.2) is 37.2 Å². The highest BCUT2D eigenvalue weighted by molar-refractivity contribution is 5.86. The number of carbonyl (C=O) groups is 1. The van der Waals surface area contributed by atoms with Crippen LogP contribution in [0.3, 0.4) is 0 Å². The molecule has 0 saturated carbocycles. The van der Waals surface area contributed by atoms with Gasteiger partial charge in [0.05, 0.1) is 19.8 Å². The zero-order valence-electron chi connectivity index (χ0n) is 16.6. The smallest absolute Gasteiger partial charge is 0.387 e. The molecule has 2 aromatic carbocycles. The van der Waals surface area contributed by atoms with Gasteiger partial charge in [0.25, 0.3) is 5.91 Å². The van der Waals surface area contributed by atoms with E-state index in [1.807, 2.05) is 0 Å². The van der Waals surface area contributed by atoms with Gasteiger partial charge in [-0.2, -0.15) is 8.78 Å². The SMILES string of the molecule is COc1cccc(OC)c1C1OC(C)(C)C(=O)N1Cc1ccc(OC(F)F)cc1. The number of alkyl halides is 2. The van der Waals surface area contributed by atoms with Gasteiger partial charge < -0.3 is 23.8 Å². The van der Waals surface area contributed by atoms with Crippen molar-refractivity contribution in [3.63, 3.8) is 0 Å². The second kappa shape index (κ2) is 8.24. The van der Waals surface area contributed by atoms with E-state index in [2.05, 4.69) is 4.74 Å². The molecular formula is C21H23F2NO5. The second-order valence-corrected chi connectivity index (χ2v) is 7.01. The number of halogens is 2. The number of hydrogen-bond donors (Lipinski definition) is 0. The van der Waals surface area contributed by atoms with E-state index in [-0.39, 0.29) is 18.2 Å². The molecule has 1 unspecified atom stereocenters. The Hall–Kier alpha value is -2.87. The van der Waals surface area contributed by atoms with Crippen LogP contribution >= 0.6 is 0 Å². The maximum Gasteiger partial charge on any atom is 0.387 e. The second-order valence-electron chi connectivity index (χ2n) is 7.01. The summed E-state index contributed by atoms with van der Waals surface area (Å²) in [6, 6.07) is 11.5. The fourth-order valence-corrected chi connectivity index (χ4v) is 3.31. The Morgan fingerprint density at radius 3 is 2.17 bits per heavy atom. The molecule has 8 heteroatoms. The molecule has 1 atom stereocenters. The van der Waals surface area contributed by atoms with Gasteiger partial charge in [0.2, 0.25) is 0 Å². The highest BCUT2D eigenvalue weighted by atomic mass is 19.3. The predicted molar refractivity (Wildman–Crippen MR) is 101 cm³/mol. The number of benzene rings is 2. The Bertz CT molecular complexity index is 848. The van der Waals surface area contributed by atoms with Gasteiger partial charge in [0, 0.05) is 6.54 Å². The first-order chi connectivity index (χ1) is 13.8. The standard InChI is InChI=1S/C21H23F2NO5/c1-21(2)19(25)24(12-13-8-10-14(11-9-13)28-20(22)23)18(29-21)17-15(26-3)6-5-7-16(17)27-4/h5-11,18,20H,12H2,1-4H3. The summed E-state index contributed by atoms with van der Waals surface area (Å²) in [6.07, 6.45) is -0.736. The van der Waals surface area contributed by atoms with Gasteiger partial charge in [-0.25, -0.2) is 0 Å². The first-order valence-electron chi connectivity index (χ1n) is 9.00. The van der Waals surface area contributed by atoms with Crippen LogP contribution in [-0.2, 0) is 16.1 Å². The third kappa shape index (κ3) is 4.27. The third-order valence-electron chi connectivity index (χ3n) is 4.68. The maximum atomic E-state index is 13.0. The average molecular weight is 407 g/mol. The van der Waals surface area contributed by atoms with Crippen LogP contribution < -0.4 is 14.2 Å². The topological polar surface area (TPSA) is 57.2 Å². The lowest BCUT2D eigenvalue weighted by Crippen LogP contribution is -2.35. The van der Waals surface area contributed by atoms with Crippen molar-refractivity contribution in [1.29, 1.82) is 0 Å². The molecule has 29 heavy (non-hydrogen) atoms. The Kier molecular flexibility index (Phi) is 5.93. The zero-order valence-corrected chi connectivity index (χ0v) is 16.6. The van der Waals surface area contributed by atoms with E-state index in [9.17, 15) is 13.6 Å². The monoisotopic (exact) mass is 407 g/mol. The van der Waals surface area contributed by atoms with E-state index in [0.29, 0.717) is 17.1 Å². The molecule has 0 aromatic heterocycles. The minimum Gasteiger partial charge on any atom is -0.496 e. The molecule has 156 valence electrons. The number of amides is 1. The molecule has 0 aliphatic carbocycles. The molecule has 6 nitrogen and oxygen atoms in total. The number of carbonyl (C=O) groups excluding carboxylic acids is 1. The molecule has 1 aliphatic heterocycles. The molecule has 2 aromatic rings. The van der Waals surface area contributed by atoms with Gasteiger partial charge in [-0.05, 0) is 43.7 Å². The number of methoxy groups -OCH3 is 2. The Balaban J connectivity index is 1.95. The number of rotatable bonds is 7. The summed E-state index contributed by atoms with van der Waals surface area (Å²) < 4.78 is 46.1. The highest BCUT2D eigenvalue weighted by Crippen LogP contribution is 2.45. The van der Waals surface area contributed by atoms with E-state index < -0.39 is 18.4 Å². The lowest BCUT2D eigenvalue weighted by atomic mass is 10.1. The van der Waals surface area contributed by atoms with Gasteiger partial charge in [0.1, 0.15) is 22.8 Å². The van der Waals surface area contributed by atoms with Gasteiger partial charge in [-0.1, -0.05) is 18.2 Å². The molecule has 0 bridgehead atoms. The van der Waals surface area contributed by atoms with E-state index >= 15 is 0 Å². The van der Waals surface area contributed by atoms with Gasteiger partial charge in [-0.15, -0.1) is 0 Å². The molecule has 3 rings (SSSR count). The van der Waals surface area contributed by atoms with Crippen molar-refractivity contribution in [1.82, 2.24) is 4.90 Å². The molecule has 1 aliphatic rings. The summed E-state index contributed by atoms with van der Waals surface area (Å²) >= 11 is 0. The summed E-state index contributed by atoms with van der Waals surface area (Å²) in [5.74, 6) is 0.912. The highest BCUT2D eigenvalue weighted by Gasteiger charge is 2.48. The molecule has 0 radical (unpaired) electrons. The van der Waals surface area contributed by atoms with Gasteiger partial charge in [0.15, 0.2) is 6.23 Å². The minimum absolute atomic E-state index is 0.0519. The van der Waals surface area contributed by atoms with Crippen LogP contribution in [0.15, 0.2) is 42.5 Å².